The predicted molar refractivity (Wildman–Crippen MR) is 129 cm³/mol. The van der Waals surface area contributed by atoms with Crippen LogP contribution in [-0.2, 0) is 14.4 Å². The number of thioether (sulfide) groups is 1. The number of amides is 1. The third-order valence-corrected chi connectivity index (χ3v) is 6.33. The van der Waals surface area contributed by atoms with Gasteiger partial charge in [-0.15, -0.1) is 0 Å². The van der Waals surface area contributed by atoms with Crippen LogP contribution < -0.4 is 4.74 Å². The van der Waals surface area contributed by atoms with Crippen LogP contribution in [0.5, 0.6) is 5.75 Å². The molecule has 1 saturated heterocycles. The maximum Gasteiger partial charge on any atom is 0.326 e. The molecule has 0 spiro atoms. The average Bonchev–Trinajstić information content (AvgIpc) is 3.02. The van der Waals surface area contributed by atoms with Gasteiger partial charge in [-0.3, -0.25) is 14.5 Å². The summed E-state index contributed by atoms with van der Waals surface area (Å²) >= 11 is 6.21. The van der Waals surface area contributed by atoms with Crippen LogP contribution in [0.4, 0.5) is 0 Å². The molecule has 32 heavy (non-hydrogen) atoms. The number of hydrogen-bond acceptors (Lipinski definition) is 6. The second-order valence-corrected chi connectivity index (χ2v) is 9.20. The average molecular weight is 480 g/mol. The van der Waals surface area contributed by atoms with Gasteiger partial charge in [0, 0.05) is 6.42 Å². The highest BCUT2D eigenvalue weighted by atomic mass is 32.2. The summed E-state index contributed by atoms with van der Waals surface area (Å²) < 4.78 is 5.87. The van der Waals surface area contributed by atoms with Gasteiger partial charge in [-0.2, -0.15) is 0 Å². The minimum atomic E-state index is -1.30. The highest BCUT2D eigenvalue weighted by molar-refractivity contribution is 8.26. The topological polar surface area (TPSA) is 104 Å². The number of thiocarbonyl (C=S) groups is 1. The number of aliphatic carboxylic acids is 2. The second kappa shape index (κ2) is 13.2. The summed E-state index contributed by atoms with van der Waals surface area (Å²) in [6.07, 6.45) is 8.25. The minimum absolute atomic E-state index is 0.109. The molecule has 0 unspecified atom stereocenters. The fourth-order valence-electron chi connectivity index (χ4n) is 3.26. The van der Waals surface area contributed by atoms with E-state index in [1.165, 1.54) is 25.7 Å². The molecule has 2 rings (SSSR count). The number of ether oxygens (including phenoxy) is 1. The van der Waals surface area contributed by atoms with Crippen molar-refractivity contribution in [2.75, 3.05) is 6.61 Å². The lowest BCUT2D eigenvalue weighted by Crippen LogP contribution is -2.44. The summed E-state index contributed by atoms with van der Waals surface area (Å²) in [6, 6.07) is 6.00. The SMILES string of the molecule is CCCCCCCCOc1ccc(/C=C2\SC(=S)N([C@@H](CCC(=O)O)C(=O)O)C2=O)cc1. The predicted octanol–water partition coefficient (Wildman–Crippen LogP) is 4.95. The number of nitrogens with zero attached hydrogens (tertiary/aromatic N) is 1. The number of hydrogen-bond donors (Lipinski definition) is 2. The maximum atomic E-state index is 12.8. The number of carboxylic acids is 2. The molecule has 0 saturated carbocycles. The second-order valence-electron chi connectivity index (χ2n) is 7.52. The maximum absolute atomic E-state index is 12.8. The van der Waals surface area contributed by atoms with Crippen LogP contribution in [0.1, 0.15) is 63.9 Å². The minimum Gasteiger partial charge on any atom is -0.494 e. The van der Waals surface area contributed by atoms with Crippen LogP contribution in [0, 0.1) is 0 Å². The third kappa shape index (κ3) is 7.94. The van der Waals surface area contributed by atoms with E-state index >= 15 is 0 Å². The molecule has 9 heteroatoms. The van der Waals surface area contributed by atoms with E-state index < -0.39 is 23.9 Å². The summed E-state index contributed by atoms with van der Waals surface area (Å²) in [7, 11) is 0. The lowest BCUT2D eigenvalue weighted by molar-refractivity contribution is -0.146. The van der Waals surface area contributed by atoms with Gasteiger partial charge in [0.1, 0.15) is 16.1 Å². The standard InChI is InChI=1S/C23H29NO6S2/c1-2-3-4-5-6-7-14-30-17-10-8-16(9-11-17)15-19-21(27)24(23(31)32-19)18(22(28)29)12-13-20(25)26/h8-11,15,18H,2-7,12-14H2,1H3,(H,25,26)(H,28,29)/b19-15-/t18-/m0/s1. The third-order valence-electron chi connectivity index (χ3n) is 5.00. The van der Waals surface area contributed by atoms with E-state index in [9.17, 15) is 19.5 Å². The molecule has 1 aliphatic heterocycles. The number of rotatable bonds is 14. The highest BCUT2D eigenvalue weighted by Gasteiger charge is 2.40. The van der Waals surface area contributed by atoms with E-state index in [0.29, 0.717) is 11.5 Å². The van der Waals surface area contributed by atoms with Crippen molar-refractivity contribution in [2.24, 2.45) is 0 Å². The molecule has 1 aromatic carbocycles. The summed E-state index contributed by atoms with van der Waals surface area (Å²) in [5.41, 5.74) is 0.759. The van der Waals surface area contributed by atoms with Gasteiger partial charge in [0.05, 0.1) is 11.5 Å². The number of benzene rings is 1. The first-order chi connectivity index (χ1) is 15.3. The summed E-state index contributed by atoms with van der Waals surface area (Å²) in [6.45, 7) is 2.86. The van der Waals surface area contributed by atoms with Crippen molar-refractivity contribution < 1.29 is 29.3 Å². The molecule has 1 aliphatic rings. The highest BCUT2D eigenvalue weighted by Crippen LogP contribution is 2.35. The quantitative estimate of drug-likeness (QED) is 0.220. The van der Waals surface area contributed by atoms with Gasteiger partial charge in [0.25, 0.3) is 5.91 Å². The Balaban J connectivity index is 1.94. The van der Waals surface area contributed by atoms with Crippen LogP contribution in [0.2, 0.25) is 0 Å². The molecular weight excluding hydrogens is 450 g/mol. The van der Waals surface area contributed by atoms with Gasteiger partial charge in [-0.05, 0) is 36.6 Å². The van der Waals surface area contributed by atoms with Gasteiger partial charge in [0.2, 0.25) is 0 Å². The summed E-state index contributed by atoms with van der Waals surface area (Å²) in [4.78, 5) is 36.5. The molecule has 1 atom stereocenters. The van der Waals surface area contributed by atoms with Crippen molar-refractivity contribution in [1.82, 2.24) is 4.90 Å². The molecule has 0 bridgehead atoms. The molecule has 0 aromatic heterocycles. The van der Waals surface area contributed by atoms with Crippen LogP contribution in [0.3, 0.4) is 0 Å². The Morgan fingerprint density at radius 2 is 1.78 bits per heavy atom. The zero-order valence-electron chi connectivity index (χ0n) is 18.1. The Labute approximate surface area is 197 Å². The number of carboxylic acid groups (broad SMARTS) is 2. The van der Waals surface area contributed by atoms with Crippen molar-refractivity contribution in [2.45, 2.75) is 64.3 Å². The normalized spacial score (nSPS) is 15.9. The van der Waals surface area contributed by atoms with E-state index in [4.69, 9.17) is 22.1 Å². The molecule has 2 N–H and O–H groups in total. The van der Waals surface area contributed by atoms with Crippen LogP contribution in [-0.4, -0.2) is 49.9 Å². The van der Waals surface area contributed by atoms with Gasteiger partial charge in [0.15, 0.2) is 0 Å². The van der Waals surface area contributed by atoms with E-state index in [-0.39, 0.29) is 17.2 Å². The monoisotopic (exact) mass is 479 g/mol. The van der Waals surface area contributed by atoms with Gasteiger partial charge < -0.3 is 14.9 Å². The zero-order chi connectivity index (χ0) is 23.5. The molecule has 1 fully saturated rings. The fraction of sp³-hybridized carbons (Fsp3) is 0.478. The molecule has 1 aromatic rings. The zero-order valence-corrected chi connectivity index (χ0v) is 19.8. The van der Waals surface area contributed by atoms with E-state index in [2.05, 4.69) is 6.92 Å². The lowest BCUT2D eigenvalue weighted by Gasteiger charge is -2.22. The van der Waals surface area contributed by atoms with E-state index in [0.717, 1.165) is 40.8 Å². The van der Waals surface area contributed by atoms with Crippen LogP contribution >= 0.6 is 24.0 Å². The van der Waals surface area contributed by atoms with Gasteiger partial charge in [-0.25, -0.2) is 4.79 Å². The first-order valence-corrected chi connectivity index (χ1v) is 12.0. The Morgan fingerprint density at radius 3 is 2.41 bits per heavy atom. The summed E-state index contributed by atoms with van der Waals surface area (Å²) in [5.74, 6) is -2.18. The Bertz CT molecular complexity index is 853. The Kier molecular flexibility index (Phi) is 10.7. The van der Waals surface area contributed by atoms with Crippen LogP contribution in [0.25, 0.3) is 6.08 Å². The Morgan fingerprint density at radius 1 is 1.12 bits per heavy atom. The van der Waals surface area contributed by atoms with Crippen molar-refractivity contribution in [3.05, 3.63) is 34.7 Å². The first kappa shape index (κ1) is 25.9. The smallest absolute Gasteiger partial charge is 0.326 e. The fourth-order valence-corrected chi connectivity index (χ4v) is 4.61. The van der Waals surface area contributed by atoms with Gasteiger partial charge in [-0.1, -0.05) is 75.1 Å². The van der Waals surface area contributed by atoms with Crippen molar-refractivity contribution in [3.8, 4) is 5.75 Å². The van der Waals surface area contributed by atoms with E-state index in [1.807, 2.05) is 24.3 Å². The van der Waals surface area contributed by atoms with Crippen molar-refractivity contribution in [1.29, 1.82) is 0 Å². The Hall–Kier alpha value is -2.39. The van der Waals surface area contributed by atoms with Crippen LogP contribution in [0.15, 0.2) is 29.2 Å². The molecule has 1 amide bonds. The number of unbranched alkanes of at least 4 members (excludes halogenated alkanes) is 5. The summed E-state index contributed by atoms with van der Waals surface area (Å²) in [5, 5.41) is 18.3. The van der Waals surface area contributed by atoms with E-state index in [1.54, 1.807) is 6.08 Å². The van der Waals surface area contributed by atoms with Crippen molar-refractivity contribution >= 4 is 52.2 Å². The molecule has 0 radical (unpaired) electrons. The molecule has 7 nitrogen and oxygen atoms in total. The number of carbonyl (C=O) groups is 3. The molecule has 1 heterocycles. The van der Waals surface area contributed by atoms with Gasteiger partial charge >= 0.3 is 11.9 Å². The molecule has 174 valence electrons. The lowest BCUT2D eigenvalue weighted by atomic mass is 10.1. The largest absolute Gasteiger partial charge is 0.494 e. The molecular formula is C23H29NO6S2. The number of carbonyl (C=O) groups excluding carboxylic acids is 1. The molecule has 0 aliphatic carbocycles. The first-order valence-electron chi connectivity index (χ1n) is 10.8. The van der Waals surface area contributed by atoms with Crippen molar-refractivity contribution in [3.63, 3.8) is 0 Å².